The Morgan fingerprint density at radius 3 is 2.70 bits per heavy atom. The Morgan fingerprint density at radius 1 is 1.21 bits per heavy atom. The molecule has 182 valence electrons. The Bertz CT molecular complexity index is 915. The largest absolute Gasteiger partial charge is 0.484 e. The number of alkyl halides is 3. The molecule has 0 aliphatic carbocycles. The lowest BCUT2D eigenvalue weighted by Crippen LogP contribution is -2.43. The third-order valence-corrected chi connectivity index (χ3v) is 4.61. The summed E-state index contributed by atoms with van der Waals surface area (Å²) in [5.74, 6) is -1.92. The molecule has 1 aromatic carbocycles. The molecule has 13 heteroatoms. The molecule has 0 saturated carbocycles. The van der Waals surface area contributed by atoms with Gasteiger partial charge >= 0.3 is 12.3 Å². The van der Waals surface area contributed by atoms with Crippen LogP contribution >= 0.6 is 0 Å². The molecule has 9 nitrogen and oxygen atoms in total. The molecule has 1 aliphatic rings. The number of nitrogens with one attached hydrogen (secondary N) is 1. The lowest BCUT2D eigenvalue weighted by atomic mass is 10.1. The quantitative estimate of drug-likeness (QED) is 0.411. The zero-order valence-corrected chi connectivity index (χ0v) is 17.7. The van der Waals surface area contributed by atoms with Gasteiger partial charge in [-0.05, 0) is 31.9 Å². The van der Waals surface area contributed by atoms with Crippen LogP contribution in [0.5, 0.6) is 11.8 Å². The maximum Gasteiger partial charge on any atom is 0.419 e. The van der Waals surface area contributed by atoms with Crippen molar-refractivity contribution in [3.05, 3.63) is 35.5 Å². The minimum Gasteiger partial charge on any atom is -0.484 e. The summed E-state index contributed by atoms with van der Waals surface area (Å²) < 4.78 is 77.9. The Kier molecular flexibility index (Phi) is 8.44. The second-order valence-corrected chi connectivity index (χ2v) is 7.04. The van der Waals surface area contributed by atoms with Crippen molar-refractivity contribution in [1.82, 2.24) is 15.5 Å². The predicted octanol–water partition coefficient (Wildman–Crippen LogP) is 3.06. The molecule has 2 aromatic rings. The van der Waals surface area contributed by atoms with Crippen molar-refractivity contribution in [3.63, 3.8) is 0 Å². The van der Waals surface area contributed by atoms with Gasteiger partial charge < -0.3 is 28.7 Å². The summed E-state index contributed by atoms with van der Waals surface area (Å²) in [5.41, 5.74) is -1.40. The van der Waals surface area contributed by atoms with E-state index >= 15 is 0 Å². The zero-order chi connectivity index (χ0) is 23.8. The predicted molar refractivity (Wildman–Crippen MR) is 103 cm³/mol. The lowest BCUT2D eigenvalue weighted by Gasteiger charge is -2.27. The molecule has 1 N–H and O–H groups in total. The number of carbonyl (C=O) groups is 1. The molecule has 1 amide bonds. The van der Waals surface area contributed by atoms with Crippen LogP contribution in [0.3, 0.4) is 0 Å². The van der Waals surface area contributed by atoms with Gasteiger partial charge in [0.15, 0.2) is 6.61 Å². The number of hydrogen-bond donors (Lipinski definition) is 1. The Balaban J connectivity index is 1.39. The van der Waals surface area contributed by atoms with Crippen molar-refractivity contribution in [2.45, 2.75) is 38.1 Å². The molecule has 3 rings (SSSR count). The lowest BCUT2D eigenvalue weighted by molar-refractivity contribution is -0.140. The number of aromatic nitrogens is 2. The van der Waals surface area contributed by atoms with Gasteiger partial charge in [-0.1, -0.05) is 5.10 Å². The molecule has 2 heterocycles. The van der Waals surface area contributed by atoms with Crippen LogP contribution in [0.1, 0.15) is 37.3 Å². The average molecular weight is 477 g/mol. The van der Waals surface area contributed by atoms with E-state index in [9.17, 15) is 22.4 Å². The standard InChI is InChI=1S/C20H23F4N3O6/c1-2-29-7-8-30-19-27-26-18(33-19)16-6-3-12(10-32-16)25-17(28)11-31-13-4-5-14(15(21)9-13)20(22,23)24/h4-5,9,12,16H,2-3,6-8,10-11H2,1H3,(H,25,28)/t12-,16+/m0/s1. The highest BCUT2D eigenvalue weighted by atomic mass is 19.4. The van der Waals surface area contributed by atoms with Crippen LogP contribution in [0, 0.1) is 5.82 Å². The second-order valence-electron chi connectivity index (χ2n) is 7.04. The number of carbonyl (C=O) groups excluding carboxylic acids is 1. The van der Waals surface area contributed by atoms with E-state index < -0.39 is 36.2 Å². The molecule has 0 spiro atoms. The van der Waals surface area contributed by atoms with Gasteiger partial charge in [0, 0.05) is 12.7 Å². The highest BCUT2D eigenvalue weighted by Gasteiger charge is 2.34. The van der Waals surface area contributed by atoms with Crippen molar-refractivity contribution in [3.8, 4) is 11.8 Å². The summed E-state index contributed by atoms with van der Waals surface area (Å²) in [6.45, 7) is 2.80. The second kappa shape index (κ2) is 11.3. The van der Waals surface area contributed by atoms with Gasteiger partial charge in [-0.15, -0.1) is 5.10 Å². The van der Waals surface area contributed by atoms with Gasteiger partial charge in [-0.25, -0.2) is 4.39 Å². The summed E-state index contributed by atoms with van der Waals surface area (Å²) in [4.78, 5) is 12.1. The number of amides is 1. The maximum absolute atomic E-state index is 13.6. The van der Waals surface area contributed by atoms with Crippen molar-refractivity contribution in [2.75, 3.05) is 33.0 Å². The number of benzene rings is 1. The van der Waals surface area contributed by atoms with E-state index in [4.69, 9.17) is 23.4 Å². The summed E-state index contributed by atoms with van der Waals surface area (Å²) in [6.07, 6.45) is -4.19. The number of halogens is 4. The van der Waals surface area contributed by atoms with E-state index in [1.807, 2.05) is 6.92 Å². The molecule has 1 aliphatic heterocycles. The number of hydrogen-bond acceptors (Lipinski definition) is 8. The van der Waals surface area contributed by atoms with E-state index in [0.29, 0.717) is 38.2 Å². The van der Waals surface area contributed by atoms with Crippen LogP contribution in [0.25, 0.3) is 0 Å². The first-order chi connectivity index (χ1) is 15.8. The first-order valence-corrected chi connectivity index (χ1v) is 10.2. The van der Waals surface area contributed by atoms with E-state index in [1.165, 1.54) is 0 Å². The molecule has 1 saturated heterocycles. The summed E-state index contributed by atoms with van der Waals surface area (Å²) >= 11 is 0. The summed E-state index contributed by atoms with van der Waals surface area (Å²) in [5, 5.41) is 10.4. The smallest absolute Gasteiger partial charge is 0.419 e. The highest BCUT2D eigenvalue weighted by Crippen LogP contribution is 2.33. The zero-order valence-electron chi connectivity index (χ0n) is 17.7. The normalized spacial score (nSPS) is 18.7. The van der Waals surface area contributed by atoms with Crippen LogP contribution in [0.4, 0.5) is 17.6 Å². The number of nitrogens with zero attached hydrogens (tertiary/aromatic N) is 2. The minimum absolute atomic E-state index is 0.0144. The van der Waals surface area contributed by atoms with Crippen LogP contribution in [-0.2, 0) is 20.4 Å². The monoisotopic (exact) mass is 477 g/mol. The van der Waals surface area contributed by atoms with Crippen molar-refractivity contribution < 1.29 is 45.7 Å². The first kappa shape index (κ1) is 24.7. The molecule has 2 atom stereocenters. The minimum atomic E-state index is -4.81. The van der Waals surface area contributed by atoms with Crippen LogP contribution in [-0.4, -0.2) is 55.2 Å². The molecule has 1 fully saturated rings. The molecule has 1 aromatic heterocycles. The van der Waals surface area contributed by atoms with Crippen LogP contribution in [0.15, 0.2) is 22.6 Å². The molecule has 0 unspecified atom stereocenters. The Morgan fingerprint density at radius 2 is 2.03 bits per heavy atom. The SMILES string of the molecule is CCOCCOc1nnc([C@H]2CC[C@H](NC(=O)COc3ccc(C(F)(F)F)c(F)c3)CO2)o1. The fourth-order valence-corrected chi connectivity index (χ4v) is 3.03. The fourth-order valence-electron chi connectivity index (χ4n) is 3.03. The van der Waals surface area contributed by atoms with Crippen molar-refractivity contribution >= 4 is 5.91 Å². The maximum atomic E-state index is 13.6. The Hall–Kier alpha value is -2.93. The van der Waals surface area contributed by atoms with Crippen LogP contribution < -0.4 is 14.8 Å². The van der Waals surface area contributed by atoms with Gasteiger partial charge in [0.1, 0.15) is 24.3 Å². The van der Waals surface area contributed by atoms with E-state index in [2.05, 4.69) is 15.5 Å². The Labute approximate surface area is 186 Å². The first-order valence-electron chi connectivity index (χ1n) is 10.2. The highest BCUT2D eigenvalue weighted by molar-refractivity contribution is 5.77. The van der Waals surface area contributed by atoms with Crippen molar-refractivity contribution in [2.24, 2.45) is 0 Å². The van der Waals surface area contributed by atoms with Gasteiger partial charge in [-0.2, -0.15) is 13.2 Å². The molecular weight excluding hydrogens is 454 g/mol. The molecule has 0 bridgehead atoms. The van der Waals surface area contributed by atoms with Crippen LogP contribution in [0.2, 0.25) is 0 Å². The van der Waals surface area contributed by atoms with E-state index in [0.717, 1.165) is 6.07 Å². The fraction of sp³-hybridized carbons (Fsp3) is 0.550. The van der Waals surface area contributed by atoms with Gasteiger partial charge in [0.25, 0.3) is 5.91 Å². The van der Waals surface area contributed by atoms with Crippen molar-refractivity contribution in [1.29, 1.82) is 0 Å². The summed E-state index contributed by atoms with van der Waals surface area (Å²) in [7, 11) is 0. The van der Waals surface area contributed by atoms with E-state index in [1.54, 1.807) is 0 Å². The molecule has 33 heavy (non-hydrogen) atoms. The van der Waals surface area contributed by atoms with Gasteiger partial charge in [-0.3, -0.25) is 4.79 Å². The summed E-state index contributed by atoms with van der Waals surface area (Å²) in [6, 6.07) is 1.78. The van der Waals surface area contributed by atoms with Gasteiger partial charge in [0.2, 0.25) is 5.89 Å². The molecule has 0 radical (unpaired) electrons. The third-order valence-electron chi connectivity index (χ3n) is 4.61. The van der Waals surface area contributed by atoms with E-state index in [-0.39, 0.29) is 37.0 Å². The molecular formula is C20H23F4N3O6. The third kappa shape index (κ3) is 7.29. The number of rotatable bonds is 10. The number of ether oxygens (including phenoxy) is 4. The topological polar surface area (TPSA) is 105 Å². The van der Waals surface area contributed by atoms with Gasteiger partial charge in [0.05, 0.1) is 24.8 Å². The average Bonchev–Trinajstić information content (AvgIpc) is 3.24.